The van der Waals surface area contributed by atoms with Gasteiger partial charge in [0.1, 0.15) is 0 Å². The second kappa shape index (κ2) is 13.8. The van der Waals surface area contributed by atoms with Gasteiger partial charge in [-0.3, -0.25) is 4.57 Å². The largest absolute Gasteiger partial charge is 0.277 e. The van der Waals surface area contributed by atoms with E-state index in [-0.39, 0.29) is 0 Å². The first kappa shape index (κ1) is 32.2. The van der Waals surface area contributed by atoms with Gasteiger partial charge in [0.05, 0.1) is 11.0 Å². The highest BCUT2D eigenvalue weighted by Gasteiger charge is 2.22. The van der Waals surface area contributed by atoms with Crippen molar-refractivity contribution in [2.24, 2.45) is 0 Å². The van der Waals surface area contributed by atoms with Crippen LogP contribution in [0.25, 0.3) is 95.0 Å². The molecule has 0 aliphatic carbocycles. The molecule has 0 fully saturated rings. The van der Waals surface area contributed by atoms with E-state index in [1.165, 1.54) is 11.1 Å². The molecule has 4 heteroatoms. The van der Waals surface area contributed by atoms with E-state index in [2.05, 4.69) is 187 Å². The van der Waals surface area contributed by atoms with Crippen LogP contribution in [0.3, 0.4) is 0 Å². The summed E-state index contributed by atoms with van der Waals surface area (Å²) < 4.78 is 2.23. The van der Waals surface area contributed by atoms with Gasteiger partial charge in [-0.15, -0.1) is 0 Å². The van der Waals surface area contributed by atoms with Gasteiger partial charge in [0, 0.05) is 27.5 Å². The van der Waals surface area contributed by atoms with Gasteiger partial charge >= 0.3 is 0 Å². The monoisotopic (exact) mass is 702 g/mol. The summed E-state index contributed by atoms with van der Waals surface area (Å²) in [5.74, 6) is 1.80. The predicted molar refractivity (Wildman–Crippen MR) is 227 cm³/mol. The van der Waals surface area contributed by atoms with Crippen molar-refractivity contribution >= 4 is 21.8 Å². The van der Waals surface area contributed by atoms with Gasteiger partial charge in [0.25, 0.3) is 0 Å². The first-order chi connectivity index (χ1) is 27.3. The average molecular weight is 703 g/mol. The van der Waals surface area contributed by atoms with Gasteiger partial charge in [-0.1, -0.05) is 182 Å². The summed E-state index contributed by atoms with van der Waals surface area (Å²) in [5.41, 5.74) is 13.1. The summed E-state index contributed by atoms with van der Waals surface area (Å²) in [7, 11) is 0. The van der Waals surface area contributed by atoms with Gasteiger partial charge in [-0.2, -0.15) is 9.97 Å². The van der Waals surface area contributed by atoms with Crippen molar-refractivity contribution in [1.82, 2.24) is 19.5 Å². The topological polar surface area (TPSA) is 43.6 Å². The third-order valence-electron chi connectivity index (χ3n) is 10.3. The first-order valence-corrected chi connectivity index (χ1v) is 18.5. The van der Waals surface area contributed by atoms with E-state index in [0.717, 1.165) is 66.3 Å². The molecule has 10 rings (SSSR count). The molecule has 8 aromatic carbocycles. The van der Waals surface area contributed by atoms with Crippen LogP contribution in [0.2, 0.25) is 0 Å². The molecular formula is C51H34N4. The van der Waals surface area contributed by atoms with E-state index >= 15 is 0 Å². The molecule has 10 aromatic rings. The maximum Gasteiger partial charge on any atom is 0.238 e. The fourth-order valence-electron chi connectivity index (χ4n) is 7.57. The van der Waals surface area contributed by atoms with E-state index in [0.29, 0.717) is 17.6 Å². The molecule has 0 aliphatic rings. The maximum absolute atomic E-state index is 5.30. The molecule has 4 nitrogen and oxygen atoms in total. The molecule has 0 bridgehead atoms. The third kappa shape index (κ3) is 6.06. The van der Waals surface area contributed by atoms with Crippen LogP contribution in [0.15, 0.2) is 206 Å². The summed E-state index contributed by atoms with van der Waals surface area (Å²) in [4.78, 5) is 15.7. The lowest BCUT2D eigenvalue weighted by atomic mass is 9.94. The normalized spacial score (nSPS) is 11.3. The van der Waals surface area contributed by atoms with Crippen LogP contribution >= 0.6 is 0 Å². The molecule has 0 amide bonds. The number of rotatable bonds is 7. The van der Waals surface area contributed by atoms with Gasteiger partial charge in [-0.05, 0) is 63.2 Å². The number of benzene rings is 8. The number of hydrogen-bond donors (Lipinski definition) is 0. The molecule has 0 atom stereocenters. The van der Waals surface area contributed by atoms with Crippen molar-refractivity contribution in [3.8, 4) is 73.2 Å². The van der Waals surface area contributed by atoms with Gasteiger partial charge in [0.2, 0.25) is 5.95 Å². The molecule has 2 heterocycles. The minimum atomic E-state index is 0.567. The van der Waals surface area contributed by atoms with Crippen LogP contribution in [0.4, 0.5) is 0 Å². The van der Waals surface area contributed by atoms with Crippen molar-refractivity contribution in [1.29, 1.82) is 0 Å². The van der Waals surface area contributed by atoms with Gasteiger partial charge in [0.15, 0.2) is 11.6 Å². The molecule has 258 valence electrons. The zero-order valence-corrected chi connectivity index (χ0v) is 29.9. The molecule has 0 unspecified atom stereocenters. The van der Waals surface area contributed by atoms with Crippen LogP contribution in [0.1, 0.15) is 0 Å². The van der Waals surface area contributed by atoms with E-state index in [1.54, 1.807) is 0 Å². The minimum absolute atomic E-state index is 0.567. The highest BCUT2D eigenvalue weighted by molar-refractivity contribution is 6.15. The van der Waals surface area contributed by atoms with Crippen LogP contribution in [0, 0.1) is 0 Å². The predicted octanol–water partition coefficient (Wildman–Crippen LogP) is 13.0. The zero-order chi connectivity index (χ0) is 36.6. The Balaban J connectivity index is 1.23. The molecule has 0 radical (unpaired) electrons. The quantitative estimate of drug-likeness (QED) is 0.166. The Labute approximate surface area is 319 Å². The van der Waals surface area contributed by atoms with E-state index in [1.807, 2.05) is 24.3 Å². The van der Waals surface area contributed by atoms with Gasteiger partial charge in [-0.25, -0.2) is 4.98 Å². The molecule has 0 aliphatic heterocycles. The fourth-order valence-corrected chi connectivity index (χ4v) is 7.57. The Morgan fingerprint density at radius 2 is 0.764 bits per heavy atom. The maximum atomic E-state index is 5.30. The van der Waals surface area contributed by atoms with Crippen molar-refractivity contribution in [3.63, 3.8) is 0 Å². The fraction of sp³-hybridized carbons (Fsp3) is 0. The second-order valence-corrected chi connectivity index (χ2v) is 13.7. The minimum Gasteiger partial charge on any atom is -0.277 e. The SMILES string of the molecule is c1ccc(-c2ccc(-c3cc(-c4ccccc4)c4c(c3)c3ccccc3n4-c3nc(-c4ccccc4)nc(-c4cccc(-c5ccccc5)c4)n3)cc2)cc1. The zero-order valence-electron chi connectivity index (χ0n) is 29.9. The standard InChI is InChI=1S/C51H34N4/c1-5-16-35(17-6-1)37-28-30-38(31-29-37)43-33-45(39-20-9-3-10-21-39)48-46(34-43)44-26-13-14-27-47(44)55(48)51-53-49(40-22-11-4-12-23-40)52-50(54-51)42-25-15-24-41(32-42)36-18-7-2-8-19-36/h1-34H. The number of fused-ring (bicyclic) bond motifs is 3. The summed E-state index contributed by atoms with van der Waals surface area (Å²) >= 11 is 0. The average Bonchev–Trinajstić information content (AvgIpc) is 3.61. The summed E-state index contributed by atoms with van der Waals surface area (Å²) in [6.45, 7) is 0. The summed E-state index contributed by atoms with van der Waals surface area (Å²) in [6.07, 6.45) is 0. The lowest BCUT2D eigenvalue weighted by Crippen LogP contribution is -2.07. The molecule has 55 heavy (non-hydrogen) atoms. The Morgan fingerprint density at radius 1 is 0.291 bits per heavy atom. The Hall–Kier alpha value is -7.43. The van der Waals surface area contributed by atoms with Gasteiger partial charge < -0.3 is 0 Å². The second-order valence-electron chi connectivity index (χ2n) is 13.7. The van der Waals surface area contributed by atoms with E-state index in [4.69, 9.17) is 15.0 Å². The van der Waals surface area contributed by atoms with Crippen LogP contribution in [-0.2, 0) is 0 Å². The molecule has 0 spiro atoms. The highest BCUT2D eigenvalue weighted by Crippen LogP contribution is 2.41. The molecular weight excluding hydrogens is 669 g/mol. The van der Waals surface area contributed by atoms with Crippen molar-refractivity contribution in [2.75, 3.05) is 0 Å². The molecule has 0 saturated heterocycles. The van der Waals surface area contributed by atoms with Crippen LogP contribution in [-0.4, -0.2) is 19.5 Å². The lowest BCUT2D eigenvalue weighted by Gasteiger charge is -2.14. The van der Waals surface area contributed by atoms with Crippen LogP contribution in [0.5, 0.6) is 0 Å². The van der Waals surface area contributed by atoms with E-state index < -0.39 is 0 Å². The first-order valence-electron chi connectivity index (χ1n) is 18.5. The summed E-state index contributed by atoms with van der Waals surface area (Å²) in [5, 5.41) is 2.26. The molecule has 2 aromatic heterocycles. The van der Waals surface area contributed by atoms with Crippen molar-refractivity contribution < 1.29 is 0 Å². The van der Waals surface area contributed by atoms with Crippen molar-refractivity contribution in [2.45, 2.75) is 0 Å². The van der Waals surface area contributed by atoms with Crippen molar-refractivity contribution in [3.05, 3.63) is 206 Å². The van der Waals surface area contributed by atoms with Crippen LogP contribution < -0.4 is 0 Å². The van der Waals surface area contributed by atoms with E-state index in [9.17, 15) is 0 Å². The Bertz CT molecular complexity index is 2940. The number of hydrogen-bond acceptors (Lipinski definition) is 3. The molecule has 0 saturated carbocycles. The molecule has 0 N–H and O–H groups in total. The Morgan fingerprint density at radius 3 is 1.42 bits per heavy atom. The number of nitrogens with zero attached hydrogens (tertiary/aromatic N) is 4. The smallest absolute Gasteiger partial charge is 0.238 e. The lowest BCUT2D eigenvalue weighted by molar-refractivity contribution is 0.954. The number of aromatic nitrogens is 4. The third-order valence-corrected chi connectivity index (χ3v) is 10.3. The highest BCUT2D eigenvalue weighted by atomic mass is 15.2. The number of para-hydroxylation sites is 1. The Kier molecular flexibility index (Phi) is 8.12. The summed E-state index contributed by atoms with van der Waals surface area (Å²) in [6, 6.07) is 72.3.